The highest BCUT2D eigenvalue weighted by atomic mass is 16.2. The number of fused-ring (bicyclic) bond motifs is 1. The average Bonchev–Trinajstić information content (AvgIpc) is 3.04. The zero-order valence-electron chi connectivity index (χ0n) is 14.8. The van der Waals surface area contributed by atoms with E-state index in [4.69, 9.17) is 0 Å². The van der Waals surface area contributed by atoms with Gasteiger partial charge >= 0.3 is 0 Å². The predicted molar refractivity (Wildman–Crippen MR) is 105 cm³/mol. The fraction of sp³-hybridized carbons (Fsp3) is 0.130. The van der Waals surface area contributed by atoms with Gasteiger partial charge in [-0.1, -0.05) is 66.7 Å². The Balaban J connectivity index is 1.62. The van der Waals surface area contributed by atoms with Crippen molar-refractivity contribution in [2.24, 2.45) is 0 Å². The number of rotatable bonds is 5. The fourth-order valence-electron chi connectivity index (χ4n) is 3.46. The van der Waals surface area contributed by atoms with E-state index in [2.05, 4.69) is 5.32 Å². The van der Waals surface area contributed by atoms with E-state index >= 15 is 0 Å². The van der Waals surface area contributed by atoms with Gasteiger partial charge in [0.1, 0.15) is 6.04 Å². The summed E-state index contributed by atoms with van der Waals surface area (Å²) in [5.41, 5.74) is 3.40. The number of carbonyl (C=O) groups is 2. The molecule has 4 rings (SSSR count). The van der Waals surface area contributed by atoms with Gasteiger partial charge < -0.3 is 10.2 Å². The molecule has 1 atom stereocenters. The third kappa shape index (κ3) is 3.60. The van der Waals surface area contributed by atoms with Gasteiger partial charge in [-0.05, 0) is 29.3 Å². The first kappa shape index (κ1) is 17.0. The van der Waals surface area contributed by atoms with E-state index < -0.39 is 6.04 Å². The maximum atomic E-state index is 13.1. The second-order valence-electron chi connectivity index (χ2n) is 6.65. The first-order valence-corrected chi connectivity index (χ1v) is 9.01. The summed E-state index contributed by atoms with van der Waals surface area (Å²) in [6.45, 7) is 0.453. The van der Waals surface area contributed by atoms with Gasteiger partial charge in [-0.3, -0.25) is 9.59 Å². The van der Waals surface area contributed by atoms with Crippen LogP contribution in [0.1, 0.15) is 21.5 Å². The number of hydrogen-bond donors (Lipinski definition) is 1. The molecule has 1 aliphatic heterocycles. The number of para-hydroxylation sites is 1. The maximum absolute atomic E-state index is 13.1. The van der Waals surface area contributed by atoms with E-state index in [1.165, 1.54) is 0 Å². The van der Waals surface area contributed by atoms with Crippen LogP contribution < -0.4 is 5.32 Å². The summed E-state index contributed by atoms with van der Waals surface area (Å²) < 4.78 is 0. The van der Waals surface area contributed by atoms with Gasteiger partial charge in [0.25, 0.3) is 5.91 Å². The van der Waals surface area contributed by atoms with Crippen LogP contribution in [0.5, 0.6) is 0 Å². The van der Waals surface area contributed by atoms with Crippen LogP contribution >= 0.6 is 0 Å². The van der Waals surface area contributed by atoms with Crippen molar-refractivity contribution in [3.8, 4) is 0 Å². The SMILES string of the molecule is O=C(Nc1ccccc1)[C@@H](Cc1ccccc1)N1Cc2ccccc2C1=O. The van der Waals surface area contributed by atoms with Crippen molar-refractivity contribution in [1.82, 2.24) is 4.90 Å². The Labute approximate surface area is 158 Å². The fourth-order valence-corrected chi connectivity index (χ4v) is 3.46. The molecule has 0 spiro atoms. The highest BCUT2D eigenvalue weighted by molar-refractivity contribution is 6.03. The lowest BCUT2D eigenvalue weighted by atomic mass is 10.0. The molecule has 0 unspecified atom stereocenters. The molecular weight excluding hydrogens is 336 g/mol. The molecule has 0 aliphatic carbocycles. The molecule has 0 fully saturated rings. The zero-order chi connectivity index (χ0) is 18.6. The molecule has 1 aliphatic rings. The number of anilines is 1. The number of benzene rings is 3. The van der Waals surface area contributed by atoms with E-state index in [0.29, 0.717) is 18.5 Å². The minimum absolute atomic E-state index is 0.0882. The lowest BCUT2D eigenvalue weighted by Crippen LogP contribution is -2.45. The molecule has 0 radical (unpaired) electrons. The van der Waals surface area contributed by atoms with Crippen molar-refractivity contribution in [2.75, 3.05) is 5.32 Å². The number of carbonyl (C=O) groups excluding carboxylic acids is 2. The van der Waals surface area contributed by atoms with Crippen molar-refractivity contribution in [3.63, 3.8) is 0 Å². The van der Waals surface area contributed by atoms with Crippen LogP contribution in [-0.2, 0) is 17.8 Å². The highest BCUT2D eigenvalue weighted by Crippen LogP contribution is 2.26. The molecule has 0 saturated carbocycles. The average molecular weight is 356 g/mol. The molecule has 1 N–H and O–H groups in total. The standard InChI is InChI=1S/C23H20N2O2/c26-22(24-19-12-5-2-6-13-19)21(15-17-9-3-1-4-10-17)25-16-18-11-7-8-14-20(18)23(25)27/h1-14,21H,15-16H2,(H,24,26)/t21-/m1/s1. The van der Waals surface area contributed by atoms with Gasteiger partial charge in [-0.2, -0.15) is 0 Å². The summed E-state index contributed by atoms with van der Waals surface area (Å²) in [4.78, 5) is 27.7. The molecule has 134 valence electrons. The van der Waals surface area contributed by atoms with Crippen molar-refractivity contribution in [2.45, 2.75) is 19.0 Å². The van der Waals surface area contributed by atoms with Crippen LogP contribution in [0.15, 0.2) is 84.9 Å². The monoisotopic (exact) mass is 356 g/mol. The normalized spacial score (nSPS) is 13.9. The summed E-state index contributed by atoms with van der Waals surface area (Å²) in [5.74, 6) is -0.263. The Kier molecular flexibility index (Phi) is 4.71. The van der Waals surface area contributed by atoms with Crippen molar-refractivity contribution in [3.05, 3.63) is 102 Å². The summed E-state index contributed by atoms with van der Waals surface area (Å²) >= 11 is 0. The Morgan fingerprint density at radius 3 is 2.22 bits per heavy atom. The van der Waals surface area contributed by atoms with E-state index in [-0.39, 0.29) is 11.8 Å². The number of amides is 2. The topological polar surface area (TPSA) is 49.4 Å². The molecule has 3 aromatic rings. The lowest BCUT2D eigenvalue weighted by Gasteiger charge is -2.27. The number of nitrogens with zero attached hydrogens (tertiary/aromatic N) is 1. The predicted octanol–water partition coefficient (Wildman–Crippen LogP) is 3.89. The molecule has 1 heterocycles. The van der Waals surface area contributed by atoms with Gasteiger partial charge in [0.2, 0.25) is 5.91 Å². The summed E-state index contributed by atoms with van der Waals surface area (Å²) in [5, 5.41) is 2.95. The van der Waals surface area contributed by atoms with Gasteiger partial charge in [0, 0.05) is 24.2 Å². The van der Waals surface area contributed by atoms with E-state index in [0.717, 1.165) is 16.8 Å². The van der Waals surface area contributed by atoms with E-state index in [1.54, 1.807) is 4.90 Å². The maximum Gasteiger partial charge on any atom is 0.255 e. The van der Waals surface area contributed by atoms with Crippen LogP contribution in [-0.4, -0.2) is 22.8 Å². The van der Waals surface area contributed by atoms with Crippen LogP contribution in [0.25, 0.3) is 0 Å². The molecule has 27 heavy (non-hydrogen) atoms. The first-order valence-electron chi connectivity index (χ1n) is 9.01. The first-order chi connectivity index (χ1) is 13.2. The number of hydrogen-bond acceptors (Lipinski definition) is 2. The molecule has 4 nitrogen and oxygen atoms in total. The molecule has 2 amide bonds. The van der Waals surface area contributed by atoms with Gasteiger partial charge in [0.05, 0.1) is 0 Å². The van der Waals surface area contributed by atoms with Crippen LogP contribution in [0.3, 0.4) is 0 Å². The Morgan fingerprint density at radius 2 is 1.52 bits per heavy atom. The zero-order valence-corrected chi connectivity index (χ0v) is 14.8. The smallest absolute Gasteiger partial charge is 0.255 e. The molecule has 0 saturated heterocycles. The second-order valence-corrected chi connectivity index (χ2v) is 6.65. The summed E-state index contributed by atoms with van der Waals surface area (Å²) in [6, 6.07) is 26.1. The summed E-state index contributed by atoms with van der Waals surface area (Å²) in [6.07, 6.45) is 0.471. The molecule has 0 aromatic heterocycles. The van der Waals surface area contributed by atoms with Crippen molar-refractivity contribution < 1.29 is 9.59 Å². The molecule has 4 heteroatoms. The van der Waals surface area contributed by atoms with Gasteiger partial charge in [0.15, 0.2) is 0 Å². The second kappa shape index (κ2) is 7.46. The molecule has 0 bridgehead atoms. The molecule has 3 aromatic carbocycles. The Morgan fingerprint density at radius 1 is 0.889 bits per heavy atom. The third-order valence-corrected chi connectivity index (χ3v) is 4.84. The van der Waals surface area contributed by atoms with Crippen LogP contribution in [0.2, 0.25) is 0 Å². The minimum atomic E-state index is -0.576. The third-order valence-electron chi connectivity index (χ3n) is 4.84. The van der Waals surface area contributed by atoms with Crippen LogP contribution in [0.4, 0.5) is 5.69 Å². The lowest BCUT2D eigenvalue weighted by molar-refractivity contribution is -0.120. The minimum Gasteiger partial charge on any atom is -0.324 e. The van der Waals surface area contributed by atoms with Gasteiger partial charge in [-0.25, -0.2) is 0 Å². The van der Waals surface area contributed by atoms with Crippen LogP contribution in [0, 0.1) is 0 Å². The molecular formula is C23H20N2O2. The largest absolute Gasteiger partial charge is 0.324 e. The van der Waals surface area contributed by atoms with Gasteiger partial charge in [-0.15, -0.1) is 0 Å². The highest BCUT2D eigenvalue weighted by Gasteiger charge is 2.36. The quantitative estimate of drug-likeness (QED) is 0.754. The summed E-state index contributed by atoms with van der Waals surface area (Å²) in [7, 11) is 0. The Hall–Kier alpha value is -3.40. The number of nitrogens with one attached hydrogen (secondary N) is 1. The Bertz CT molecular complexity index is 954. The van der Waals surface area contributed by atoms with E-state index in [1.807, 2.05) is 84.9 Å². The van der Waals surface area contributed by atoms with E-state index in [9.17, 15) is 9.59 Å². The van der Waals surface area contributed by atoms with Crippen molar-refractivity contribution >= 4 is 17.5 Å². The van der Waals surface area contributed by atoms with Crippen molar-refractivity contribution in [1.29, 1.82) is 0 Å².